The monoisotopic (exact) mass is 274 g/mol. The topological polar surface area (TPSA) is 37.3 Å². The number of carbonyl (C=O) groups excluding carboxylic acids is 1. The SMILES string of the molecule is CSc1ccc(C#CC(=O)C2(O)CCCCC2)cc1. The zero-order chi connectivity index (χ0) is 13.7. The Kier molecular flexibility index (Phi) is 4.68. The number of benzene rings is 1. The fraction of sp³-hybridized carbons (Fsp3) is 0.438. The second kappa shape index (κ2) is 6.27. The molecule has 1 aromatic carbocycles. The number of Topliss-reactive ketones (excluding diaryl/α,β-unsaturated/α-hetero) is 1. The van der Waals surface area contributed by atoms with Crippen LogP contribution < -0.4 is 0 Å². The zero-order valence-electron chi connectivity index (χ0n) is 11.1. The number of rotatable bonds is 2. The van der Waals surface area contributed by atoms with E-state index in [0.717, 1.165) is 24.8 Å². The van der Waals surface area contributed by atoms with Gasteiger partial charge in [0.1, 0.15) is 5.60 Å². The summed E-state index contributed by atoms with van der Waals surface area (Å²) >= 11 is 1.67. The molecule has 0 unspecified atom stereocenters. The summed E-state index contributed by atoms with van der Waals surface area (Å²) in [5.41, 5.74) is -0.393. The Morgan fingerprint density at radius 3 is 2.42 bits per heavy atom. The van der Waals surface area contributed by atoms with E-state index in [1.54, 1.807) is 11.8 Å². The van der Waals surface area contributed by atoms with Crippen LogP contribution in [0.2, 0.25) is 0 Å². The van der Waals surface area contributed by atoms with Gasteiger partial charge in [0.25, 0.3) is 0 Å². The first-order valence-corrected chi connectivity index (χ1v) is 7.79. The average molecular weight is 274 g/mol. The minimum absolute atomic E-state index is 0.332. The van der Waals surface area contributed by atoms with Crippen molar-refractivity contribution >= 4 is 17.5 Å². The predicted octanol–water partition coefficient (Wildman–Crippen LogP) is 3.02. The van der Waals surface area contributed by atoms with Crippen molar-refractivity contribution in [2.24, 2.45) is 0 Å². The van der Waals surface area contributed by atoms with Crippen molar-refractivity contribution in [3.8, 4) is 11.8 Å². The van der Waals surface area contributed by atoms with Gasteiger partial charge in [-0.1, -0.05) is 25.2 Å². The molecule has 1 fully saturated rings. The van der Waals surface area contributed by atoms with Gasteiger partial charge in [-0.05, 0) is 49.3 Å². The van der Waals surface area contributed by atoms with E-state index in [2.05, 4.69) is 11.8 Å². The van der Waals surface area contributed by atoms with Crippen molar-refractivity contribution in [3.63, 3.8) is 0 Å². The summed E-state index contributed by atoms with van der Waals surface area (Å²) in [7, 11) is 0. The van der Waals surface area contributed by atoms with Crippen LogP contribution in [0.4, 0.5) is 0 Å². The second-order valence-corrected chi connectivity index (χ2v) is 5.78. The molecule has 19 heavy (non-hydrogen) atoms. The van der Waals surface area contributed by atoms with Crippen molar-refractivity contribution in [2.75, 3.05) is 6.26 Å². The van der Waals surface area contributed by atoms with Gasteiger partial charge < -0.3 is 5.11 Å². The zero-order valence-corrected chi connectivity index (χ0v) is 11.9. The summed E-state index contributed by atoms with van der Waals surface area (Å²) in [6, 6.07) is 7.76. The molecule has 1 saturated carbocycles. The summed E-state index contributed by atoms with van der Waals surface area (Å²) in [6.45, 7) is 0. The Bertz CT molecular complexity index is 502. The maximum absolute atomic E-state index is 12.0. The predicted molar refractivity (Wildman–Crippen MR) is 78.1 cm³/mol. The smallest absolute Gasteiger partial charge is 0.237 e. The Hall–Kier alpha value is -1.24. The molecule has 100 valence electrons. The highest BCUT2D eigenvalue weighted by atomic mass is 32.2. The quantitative estimate of drug-likeness (QED) is 0.665. The van der Waals surface area contributed by atoms with Crippen molar-refractivity contribution < 1.29 is 9.90 Å². The first-order chi connectivity index (χ1) is 9.14. The largest absolute Gasteiger partial charge is 0.381 e. The van der Waals surface area contributed by atoms with Crippen LogP contribution in [0, 0.1) is 11.8 Å². The van der Waals surface area contributed by atoms with Crippen LogP contribution in [0.5, 0.6) is 0 Å². The third-order valence-corrected chi connectivity index (χ3v) is 4.26. The number of hydrogen-bond acceptors (Lipinski definition) is 3. The van der Waals surface area contributed by atoms with Crippen molar-refractivity contribution in [1.29, 1.82) is 0 Å². The van der Waals surface area contributed by atoms with Crippen LogP contribution in [0.3, 0.4) is 0 Å². The lowest BCUT2D eigenvalue weighted by molar-refractivity contribution is -0.134. The summed E-state index contributed by atoms with van der Waals surface area (Å²) in [5.74, 6) is 5.12. The highest BCUT2D eigenvalue weighted by Gasteiger charge is 2.35. The van der Waals surface area contributed by atoms with E-state index in [1.165, 1.54) is 4.90 Å². The number of hydrogen-bond donors (Lipinski definition) is 1. The molecule has 1 aliphatic rings. The van der Waals surface area contributed by atoms with Crippen LogP contribution in [-0.4, -0.2) is 22.7 Å². The average Bonchev–Trinajstić information content (AvgIpc) is 2.46. The highest BCUT2D eigenvalue weighted by Crippen LogP contribution is 2.28. The molecule has 0 bridgehead atoms. The molecule has 0 radical (unpaired) electrons. The van der Waals surface area contributed by atoms with Gasteiger partial charge in [0, 0.05) is 10.5 Å². The molecular weight excluding hydrogens is 256 g/mol. The summed E-state index contributed by atoms with van der Waals surface area (Å²) in [5, 5.41) is 10.2. The first kappa shape index (κ1) is 14.2. The summed E-state index contributed by atoms with van der Waals surface area (Å²) < 4.78 is 0. The lowest BCUT2D eigenvalue weighted by Crippen LogP contribution is -2.39. The molecular formula is C16H18O2S. The first-order valence-electron chi connectivity index (χ1n) is 6.57. The summed E-state index contributed by atoms with van der Waals surface area (Å²) in [6.07, 6.45) is 6.03. The minimum atomic E-state index is -1.20. The Labute approximate surface area is 118 Å². The summed E-state index contributed by atoms with van der Waals surface area (Å²) in [4.78, 5) is 13.2. The van der Waals surface area contributed by atoms with E-state index in [0.29, 0.717) is 12.8 Å². The molecule has 2 nitrogen and oxygen atoms in total. The molecule has 1 aromatic rings. The van der Waals surface area contributed by atoms with Gasteiger partial charge in [0.05, 0.1) is 0 Å². The molecule has 0 aromatic heterocycles. The van der Waals surface area contributed by atoms with E-state index < -0.39 is 5.60 Å². The normalized spacial score (nSPS) is 17.4. The molecule has 0 saturated heterocycles. The van der Waals surface area contributed by atoms with E-state index in [4.69, 9.17) is 0 Å². The van der Waals surface area contributed by atoms with Crippen molar-refractivity contribution in [1.82, 2.24) is 0 Å². The van der Waals surface area contributed by atoms with Gasteiger partial charge in [-0.3, -0.25) is 4.79 Å². The van der Waals surface area contributed by atoms with E-state index in [1.807, 2.05) is 30.5 Å². The fourth-order valence-corrected chi connectivity index (χ4v) is 2.69. The van der Waals surface area contributed by atoms with Gasteiger partial charge in [0.2, 0.25) is 5.78 Å². The number of carbonyl (C=O) groups is 1. The van der Waals surface area contributed by atoms with Crippen LogP contribution in [-0.2, 0) is 4.79 Å². The molecule has 1 aliphatic carbocycles. The molecule has 0 aliphatic heterocycles. The molecule has 0 atom stereocenters. The third kappa shape index (κ3) is 3.62. The number of aliphatic hydroxyl groups is 1. The Balaban J connectivity index is 2.07. The minimum Gasteiger partial charge on any atom is -0.381 e. The van der Waals surface area contributed by atoms with Gasteiger partial charge in [-0.2, -0.15) is 0 Å². The third-order valence-electron chi connectivity index (χ3n) is 3.51. The van der Waals surface area contributed by atoms with Crippen molar-refractivity contribution in [3.05, 3.63) is 29.8 Å². The fourth-order valence-electron chi connectivity index (χ4n) is 2.28. The second-order valence-electron chi connectivity index (χ2n) is 4.90. The highest BCUT2D eigenvalue weighted by molar-refractivity contribution is 7.98. The maximum Gasteiger partial charge on any atom is 0.237 e. The molecule has 2 rings (SSSR count). The maximum atomic E-state index is 12.0. The lowest BCUT2D eigenvalue weighted by Gasteiger charge is -2.28. The number of ketones is 1. The molecule has 0 amide bonds. The van der Waals surface area contributed by atoms with Crippen LogP contribution in [0.1, 0.15) is 37.7 Å². The van der Waals surface area contributed by atoms with E-state index in [9.17, 15) is 9.90 Å². The van der Waals surface area contributed by atoms with E-state index in [-0.39, 0.29) is 5.78 Å². The standard InChI is InChI=1S/C16H18O2S/c1-19-14-8-5-13(6-9-14)7-10-15(17)16(18)11-3-2-4-12-16/h5-6,8-9,18H,2-4,11-12H2,1H3. The van der Waals surface area contributed by atoms with Gasteiger partial charge in [-0.15, -0.1) is 11.8 Å². The molecule has 1 N–H and O–H groups in total. The Morgan fingerprint density at radius 1 is 1.21 bits per heavy atom. The van der Waals surface area contributed by atoms with Crippen LogP contribution >= 0.6 is 11.8 Å². The van der Waals surface area contributed by atoms with Gasteiger partial charge in [-0.25, -0.2) is 0 Å². The number of thioether (sulfide) groups is 1. The van der Waals surface area contributed by atoms with Crippen LogP contribution in [0.25, 0.3) is 0 Å². The lowest BCUT2D eigenvalue weighted by atomic mass is 9.82. The molecule has 0 heterocycles. The van der Waals surface area contributed by atoms with Crippen LogP contribution in [0.15, 0.2) is 29.2 Å². The van der Waals surface area contributed by atoms with Crippen molar-refractivity contribution in [2.45, 2.75) is 42.6 Å². The van der Waals surface area contributed by atoms with Gasteiger partial charge in [0.15, 0.2) is 0 Å². The van der Waals surface area contributed by atoms with Gasteiger partial charge >= 0.3 is 0 Å². The van der Waals surface area contributed by atoms with E-state index >= 15 is 0 Å². The molecule has 0 spiro atoms. The molecule has 3 heteroatoms. The Morgan fingerprint density at radius 2 is 1.84 bits per heavy atom.